The van der Waals surface area contributed by atoms with Gasteiger partial charge in [-0.2, -0.15) is 0 Å². The molecule has 1 saturated carbocycles. The Morgan fingerprint density at radius 1 is 1.28 bits per heavy atom. The number of halogens is 1. The maximum Gasteiger partial charge on any atom is 0.251 e. The summed E-state index contributed by atoms with van der Waals surface area (Å²) in [6.07, 6.45) is 4.75. The number of hydrogen-bond acceptors (Lipinski definition) is 4. The third kappa shape index (κ3) is 5.09. The second-order valence-corrected chi connectivity index (χ2v) is 9.17. The SMILES string of the molecule is CS(=O)(=O)N1CCC(Oc2ccc(C(=O)NCC3CC3)cc2Cl)CC1. The number of carbonyl (C=O) groups is 1. The van der Waals surface area contributed by atoms with E-state index < -0.39 is 10.0 Å². The smallest absolute Gasteiger partial charge is 0.251 e. The van der Waals surface area contributed by atoms with Crippen molar-refractivity contribution in [2.45, 2.75) is 31.8 Å². The predicted molar refractivity (Wildman–Crippen MR) is 96.6 cm³/mol. The molecular formula is C17H23ClN2O4S. The van der Waals surface area contributed by atoms with E-state index in [1.165, 1.54) is 23.4 Å². The van der Waals surface area contributed by atoms with E-state index in [1.807, 2.05) is 0 Å². The molecule has 25 heavy (non-hydrogen) atoms. The second-order valence-electron chi connectivity index (χ2n) is 6.78. The summed E-state index contributed by atoms with van der Waals surface area (Å²) in [6.45, 7) is 1.61. The van der Waals surface area contributed by atoms with Gasteiger partial charge in [0.25, 0.3) is 5.91 Å². The Bertz CT molecular complexity index is 741. The summed E-state index contributed by atoms with van der Waals surface area (Å²) in [5, 5.41) is 3.30. The monoisotopic (exact) mass is 386 g/mol. The van der Waals surface area contributed by atoms with E-state index in [-0.39, 0.29) is 12.0 Å². The molecule has 138 valence electrons. The van der Waals surface area contributed by atoms with Gasteiger partial charge in [0, 0.05) is 25.2 Å². The Labute approximate surface area is 153 Å². The maximum atomic E-state index is 12.1. The normalized spacial score (nSPS) is 19.6. The number of amides is 1. The third-order valence-corrected chi connectivity index (χ3v) is 6.20. The molecule has 0 bridgehead atoms. The van der Waals surface area contributed by atoms with Crippen molar-refractivity contribution in [3.8, 4) is 5.75 Å². The topological polar surface area (TPSA) is 75.7 Å². The summed E-state index contributed by atoms with van der Waals surface area (Å²) in [7, 11) is -3.15. The van der Waals surface area contributed by atoms with Gasteiger partial charge >= 0.3 is 0 Å². The summed E-state index contributed by atoms with van der Waals surface area (Å²) >= 11 is 6.26. The van der Waals surface area contributed by atoms with Crippen molar-refractivity contribution < 1.29 is 17.9 Å². The zero-order chi connectivity index (χ0) is 18.0. The van der Waals surface area contributed by atoms with E-state index in [0.717, 1.165) is 0 Å². The highest BCUT2D eigenvalue weighted by Gasteiger charge is 2.26. The van der Waals surface area contributed by atoms with Gasteiger partial charge in [-0.05, 0) is 49.8 Å². The fraction of sp³-hybridized carbons (Fsp3) is 0.588. The first kappa shape index (κ1) is 18.5. The van der Waals surface area contributed by atoms with Crippen LogP contribution in [-0.2, 0) is 10.0 Å². The summed E-state index contributed by atoms with van der Waals surface area (Å²) in [6, 6.07) is 5.02. The van der Waals surface area contributed by atoms with Crippen LogP contribution < -0.4 is 10.1 Å². The molecule has 1 amide bonds. The van der Waals surface area contributed by atoms with Crippen molar-refractivity contribution in [2.75, 3.05) is 25.9 Å². The Morgan fingerprint density at radius 2 is 1.96 bits per heavy atom. The number of nitrogens with zero attached hydrogens (tertiary/aromatic N) is 1. The lowest BCUT2D eigenvalue weighted by atomic mass is 10.1. The minimum absolute atomic E-state index is 0.0787. The molecule has 1 heterocycles. The van der Waals surface area contributed by atoms with E-state index in [4.69, 9.17) is 16.3 Å². The first-order valence-corrected chi connectivity index (χ1v) is 10.7. The molecule has 2 fully saturated rings. The average molecular weight is 387 g/mol. The number of rotatable bonds is 6. The first-order valence-electron chi connectivity index (χ1n) is 8.52. The van der Waals surface area contributed by atoms with Crippen molar-refractivity contribution in [1.29, 1.82) is 0 Å². The van der Waals surface area contributed by atoms with E-state index >= 15 is 0 Å². The Morgan fingerprint density at radius 3 is 2.52 bits per heavy atom. The lowest BCUT2D eigenvalue weighted by molar-refractivity contribution is 0.0951. The minimum atomic E-state index is -3.15. The first-order chi connectivity index (χ1) is 11.8. The molecule has 3 rings (SSSR count). The van der Waals surface area contributed by atoms with Crippen LogP contribution in [0.25, 0.3) is 0 Å². The van der Waals surface area contributed by atoms with Gasteiger partial charge in [0.2, 0.25) is 10.0 Å². The van der Waals surface area contributed by atoms with Crippen molar-refractivity contribution in [2.24, 2.45) is 5.92 Å². The van der Waals surface area contributed by atoms with Gasteiger partial charge < -0.3 is 10.1 Å². The van der Waals surface area contributed by atoms with Gasteiger partial charge in [-0.3, -0.25) is 4.79 Å². The number of nitrogens with one attached hydrogen (secondary N) is 1. The molecule has 6 nitrogen and oxygen atoms in total. The average Bonchev–Trinajstić information content (AvgIpc) is 3.38. The molecule has 0 spiro atoms. The molecule has 1 saturated heterocycles. The Kier molecular flexibility index (Phi) is 5.55. The summed E-state index contributed by atoms with van der Waals surface area (Å²) in [4.78, 5) is 12.1. The standard InChI is InChI=1S/C17H23ClN2O4S/c1-25(22,23)20-8-6-14(7-9-20)24-16-5-4-13(10-15(16)18)17(21)19-11-12-2-3-12/h4-5,10,12,14H,2-3,6-9,11H2,1H3,(H,19,21). The lowest BCUT2D eigenvalue weighted by Crippen LogP contribution is -2.41. The molecule has 1 aromatic rings. The van der Waals surface area contributed by atoms with Crippen molar-refractivity contribution in [3.05, 3.63) is 28.8 Å². The van der Waals surface area contributed by atoms with Crippen LogP contribution >= 0.6 is 11.6 Å². The highest BCUT2D eigenvalue weighted by molar-refractivity contribution is 7.88. The number of hydrogen-bond donors (Lipinski definition) is 1. The van der Waals surface area contributed by atoms with Crippen LogP contribution in [0.2, 0.25) is 5.02 Å². The van der Waals surface area contributed by atoms with Crippen LogP contribution in [0.4, 0.5) is 0 Å². The van der Waals surface area contributed by atoms with Gasteiger partial charge in [-0.25, -0.2) is 12.7 Å². The van der Waals surface area contributed by atoms with Crippen molar-refractivity contribution in [1.82, 2.24) is 9.62 Å². The molecule has 1 N–H and O–H groups in total. The fourth-order valence-corrected chi connectivity index (χ4v) is 3.96. The van der Waals surface area contributed by atoms with E-state index in [0.29, 0.717) is 54.7 Å². The summed E-state index contributed by atoms with van der Waals surface area (Å²) < 4.78 is 30.4. The quantitative estimate of drug-likeness (QED) is 0.813. The van der Waals surface area contributed by atoms with Crippen LogP contribution in [-0.4, -0.2) is 50.6 Å². The summed E-state index contributed by atoms with van der Waals surface area (Å²) in [5.74, 6) is 1.03. The lowest BCUT2D eigenvalue weighted by Gasteiger charge is -2.30. The number of sulfonamides is 1. The van der Waals surface area contributed by atoms with Crippen LogP contribution in [0, 0.1) is 5.92 Å². The van der Waals surface area contributed by atoms with Gasteiger partial charge in [0.05, 0.1) is 11.3 Å². The molecular weight excluding hydrogens is 364 g/mol. The van der Waals surface area contributed by atoms with E-state index in [9.17, 15) is 13.2 Å². The van der Waals surface area contributed by atoms with Crippen LogP contribution in [0.3, 0.4) is 0 Å². The largest absolute Gasteiger partial charge is 0.489 e. The number of carbonyl (C=O) groups excluding carboxylic acids is 1. The van der Waals surface area contributed by atoms with Gasteiger partial charge in [0.15, 0.2) is 0 Å². The molecule has 0 radical (unpaired) electrons. The second kappa shape index (κ2) is 7.51. The van der Waals surface area contributed by atoms with E-state index in [2.05, 4.69) is 5.32 Å². The Hall–Kier alpha value is -1.31. The molecule has 1 aromatic carbocycles. The number of ether oxygens (including phenoxy) is 1. The number of piperidine rings is 1. The maximum absolute atomic E-state index is 12.1. The molecule has 1 aliphatic heterocycles. The molecule has 0 aromatic heterocycles. The molecule has 0 atom stereocenters. The molecule has 0 unspecified atom stereocenters. The van der Waals surface area contributed by atoms with Gasteiger partial charge in [-0.1, -0.05) is 11.6 Å². The highest BCUT2D eigenvalue weighted by Crippen LogP contribution is 2.30. The minimum Gasteiger partial charge on any atom is -0.489 e. The zero-order valence-corrected chi connectivity index (χ0v) is 15.8. The van der Waals surface area contributed by atoms with Crippen molar-refractivity contribution in [3.63, 3.8) is 0 Å². The molecule has 8 heteroatoms. The van der Waals surface area contributed by atoms with Gasteiger partial charge in [-0.15, -0.1) is 0 Å². The Balaban J connectivity index is 1.55. The number of benzene rings is 1. The third-order valence-electron chi connectivity index (χ3n) is 4.61. The van der Waals surface area contributed by atoms with Crippen LogP contribution in [0.5, 0.6) is 5.75 Å². The van der Waals surface area contributed by atoms with Crippen LogP contribution in [0.15, 0.2) is 18.2 Å². The predicted octanol–water partition coefficient (Wildman–Crippen LogP) is 2.28. The van der Waals surface area contributed by atoms with Crippen LogP contribution in [0.1, 0.15) is 36.0 Å². The zero-order valence-electron chi connectivity index (χ0n) is 14.2. The highest BCUT2D eigenvalue weighted by atomic mass is 35.5. The molecule has 2 aliphatic rings. The fourth-order valence-electron chi connectivity index (χ4n) is 2.86. The van der Waals surface area contributed by atoms with Crippen molar-refractivity contribution >= 4 is 27.5 Å². The molecule has 1 aliphatic carbocycles. The van der Waals surface area contributed by atoms with E-state index in [1.54, 1.807) is 18.2 Å². The van der Waals surface area contributed by atoms with Gasteiger partial charge in [0.1, 0.15) is 11.9 Å². The summed E-state index contributed by atoms with van der Waals surface area (Å²) in [5.41, 5.74) is 0.518.